The highest BCUT2D eigenvalue weighted by atomic mass is 35.5. The van der Waals surface area contributed by atoms with E-state index in [2.05, 4.69) is 5.32 Å². The van der Waals surface area contributed by atoms with E-state index in [1.54, 1.807) is 0 Å². The highest BCUT2D eigenvalue weighted by molar-refractivity contribution is 5.85. The number of amides is 1. The number of hydrogen-bond donors (Lipinski definition) is 1. The summed E-state index contributed by atoms with van der Waals surface area (Å²) in [6, 6.07) is 0. The van der Waals surface area contributed by atoms with Gasteiger partial charge in [-0.15, -0.1) is 12.4 Å². The topological polar surface area (TPSA) is 41.6 Å². The minimum atomic E-state index is 0. The SMILES string of the molecule is Cl.O=C(COC1CNC1)N1CCCCCC1. The van der Waals surface area contributed by atoms with Crippen LogP contribution in [0, 0.1) is 0 Å². The van der Waals surface area contributed by atoms with E-state index in [-0.39, 0.29) is 31.0 Å². The van der Waals surface area contributed by atoms with Crippen molar-refractivity contribution in [3.63, 3.8) is 0 Å². The summed E-state index contributed by atoms with van der Waals surface area (Å²) in [7, 11) is 0. The van der Waals surface area contributed by atoms with Crippen LogP contribution in [0.1, 0.15) is 25.7 Å². The van der Waals surface area contributed by atoms with Crippen LogP contribution in [-0.2, 0) is 9.53 Å². The maximum atomic E-state index is 11.8. The number of hydrogen-bond acceptors (Lipinski definition) is 3. The van der Waals surface area contributed by atoms with Gasteiger partial charge in [0.2, 0.25) is 5.91 Å². The number of rotatable bonds is 3. The maximum absolute atomic E-state index is 11.8. The van der Waals surface area contributed by atoms with Crippen LogP contribution in [0.5, 0.6) is 0 Å². The smallest absolute Gasteiger partial charge is 0.248 e. The summed E-state index contributed by atoms with van der Waals surface area (Å²) in [6.45, 7) is 3.91. The first-order valence-electron chi connectivity index (χ1n) is 5.96. The lowest BCUT2D eigenvalue weighted by Crippen LogP contribution is -2.49. The van der Waals surface area contributed by atoms with Gasteiger partial charge < -0.3 is 15.0 Å². The molecule has 0 unspecified atom stereocenters. The minimum absolute atomic E-state index is 0. The average Bonchev–Trinajstić information content (AvgIpc) is 2.43. The van der Waals surface area contributed by atoms with Crippen molar-refractivity contribution in [1.82, 2.24) is 10.2 Å². The molecule has 2 saturated heterocycles. The second-order valence-electron chi connectivity index (χ2n) is 4.39. The fourth-order valence-electron chi connectivity index (χ4n) is 1.98. The third-order valence-corrected chi connectivity index (χ3v) is 3.15. The summed E-state index contributed by atoms with van der Waals surface area (Å²) in [4.78, 5) is 13.7. The fourth-order valence-corrected chi connectivity index (χ4v) is 1.98. The number of nitrogens with one attached hydrogen (secondary N) is 1. The third-order valence-electron chi connectivity index (χ3n) is 3.15. The van der Waals surface area contributed by atoms with E-state index in [1.807, 2.05) is 4.90 Å². The van der Waals surface area contributed by atoms with Crippen molar-refractivity contribution in [1.29, 1.82) is 0 Å². The molecular weight excluding hydrogens is 228 g/mol. The maximum Gasteiger partial charge on any atom is 0.248 e. The first kappa shape index (κ1) is 13.7. The summed E-state index contributed by atoms with van der Waals surface area (Å²) < 4.78 is 5.48. The van der Waals surface area contributed by atoms with E-state index in [0.29, 0.717) is 0 Å². The Hall–Kier alpha value is -0.320. The lowest BCUT2D eigenvalue weighted by molar-refractivity contribution is -0.139. The van der Waals surface area contributed by atoms with Crippen LogP contribution in [-0.4, -0.2) is 49.7 Å². The van der Waals surface area contributed by atoms with Crippen molar-refractivity contribution >= 4 is 18.3 Å². The monoisotopic (exact) mass is 248 g/mol. The molecule has 1 amide bonds. The van der Waals surface area contributed by atoms with Crippen molar-refractivity contribution in [2.75, 3.05) is 32.8 Å². The Morgan fingerprint density at radius 2 is 1.81 bits per heavy atom. The second-order valence-corrected chi connectivity index (χ2v) is 4.39. The molecule has 0 atom stereocenters. The predicted octanol–water partition coefficient (Wildman–Crippen LogP) is 0.799. The van der Waals surface area contributed by atoms with Gasteiger partial charge in [0.25, 0.3) is 0 Å². The van der Waals surface area contributed by atoms with Gasteiger partial charge in [-0.05, 0) is 12.8 Å². The molecule has 0 bridgehead atoms. The standard InChI is InChI=1S/C11H20N2O2.ClH/c14-11(9-15-10-7-12-8-10)13-5-3-1-2-4-6-13;/h10,12H,1-9H2;1H. The normalized spacial score (nSPS) is 21.9. The Balaban J connectivity index is 0.00000128. The summed E-state index contributed by atoms with van der Waals surface area (Å²) in [5, 5.41) is 3.12. The van der Waals surface area contributed by atoms with Crippen LogP contribution in [0.15, 0.2) is 0 Å². The lowest BCUT2D eigenvalue weighted by atomic mass is 10.2. The Kier molecular flexibility index (Phi) is 6.09. The van der Waals surface area contributed by atoms with Crippen LogP contribution in [0.25, 0.3) is 0 Å². The van der Waals surface area contributed by atoms with Gasteiger partial charge in [-0.25, -0.2) is 0 Å². The third kappa shape index (κ3) is 3.92. The Morgan fingerprint density at radius 3 is 2.31 bits per heavy atom. The molecule has 2 fully saturated rings. The molecule has 94 valence electrons. The van der Waals surface area contributed by atoms with Gasteiger partial charge in [-0.1, -0.05) is 12.8 Å². The predicted molar refractivity (Wildman–Crippen MR) is 64.9 cm³/mol. The van der Waals surface area contributed by atoms with Crippen LogP contribution < -0.4 is 5.32 Å². The molecular formula is C11H21ClN2O2. The fraction of sp³-hybridized carbons (Fsp3) is 0.909. The number of halogens is 1. The summed E-state index contributed by atoms with van der Waals surface area (Å²) in [6.07, 6.45) is 5.09. The van der Waals surface area contributed by atoms with Crippen molar-refractivity contribution in [2.24, 2.45) is 0 Å². The molecule has 2 heterocycles. The van der Waals surface area contributed by atoms with Gasteiger partial charge in [0, 0.05) is 26.2 Å². The molecule has 0 spiro atoms. The van der Waals surface area contributed by atoms with Gasteiger partial charge in [-0.2, -0.15) is 0 Å². The largest absolute Gasteiger partial charge is 0.366 e. The molecule has 2 aliphatic rings. The zero-order valence-electron chi connectivity index (χ0n) is 9.61. The van der Waals surface area contributed by atoms with E-state index in [0.717, 1.165) is 39.0 Å². The van der Waals surface area contributed by atoms with Gasteiger partial charge in [0.1, 0.15) is 6.61 Å². The molecule has 0 aromatic rings. The van der Waals surface area contributed by atoms with Crippen LogP contribution in [0.4, 0.5) is 0 Å². The molecule has 4 nitrogen and oxygen atoms in total. The highest BCUT2D eigenvalue weighted by Gasteiger charge is 2.21. The van der Waals surface area contributed by atoms with Gasteiger partial charge >= 0.3 is 0 Å². The molecule has 1 N–H and O–H groups in total. The summed E-state index contributed by atoms with van der Waals surface area (Å²) in [5.74, 6) is 0.170. The zero-order valence-corrected chi connectivity index (χ0v) is 10.4. The lowest BCUT2D eigenvalue weighted by Gasteiger charge is -2.28. The molecule has 2 rings (SSSR count). The van der Waals surface area contributed by atoms with E-state index >= 15 is 0 Å². The van der Waals surface area contributed by atoms with E-state index in [1.165, 1.54) is 12.8 Å². The number of ether oxygens (including phenoxy) is 1. The molecule has 2 aliphatic heterocycles. The molecule has 16 heavy (non-hydrogen) atoms. The van der Waals surface area contributed by atoms with Crippen LogP contribution >= 0.6 is 12.4 Å². The highest BCUT2D eigenvalue weighted by Crippen LogP contribution is 2.10. The quantitative estimate of drug-likeness (QED) is 0.803. The molecule has 0 saturated carbocycles. The average molecular weight is 249 g/mol. The first-order chi connectivity index (χ1) is 7.36. The molecule has 0 aromatic heterocycles. The van der Waals surface area contributed by atoms with Crippen molar-refractivity contribution in [3.05, 3.63) is 0 Å². The second kappa shape index (κ2) is 7.09. The number of carbonyl (C=O) groups excluding carboxylic acids is 1. The molecule has 0 radical (unpaired) electrons. The van der Waals surface area contributed by atoms with Gasteiger partial charge in [0.15, 0.2) is 0 Å². The Morgan fingerprint density at radius 1 is 1.19 bits per heavy atom. The number of carbonyl (C=O) groups is 1. The molecule has 0 aromatic carbocycles. The number of likely N-dealkylation sites (tertiary alicyclic amines) is 1. The van der Waals surface area contributed by atoms with Crippen molar-refractivity contribution in [2.45, 2.75) is 31.8 Å². The Labute approximate surface area is 103 Å². The van der Waals surface area contributed by atoms with E-state index < -0.39 is 0 Å². The van der Waals surface area contributed by atoms with Gasteiger partial charge in [0.05, 0.1) is 6.10 Å². The number of nitrogens with zero attached hydrogens (tertiary/aromatic N) is 1. The summed E-state index contributed by atoms with van der Waals surface area (Å²) >= 11 is 0. The van der Waals surface area contributed by atoms with Crippen LogP contribution in [0.3, 0.4) is 0 Å². The molecule has 5 heteroatoms. The van der Waals surface area contributed by atoms with Gasteiger partial charge in [-0.3, -0.25) is 4.79 Å². The first-order valence-corrected chi connectivity index (χ1v) is 5.96. The van der Waals surface area contributed by atoms with Crippen molar-refractivity contribution < 1.29 is 9.53 Å². The van der Waals surface area contributed by atoms with E-state index in [4.69, 9.17) is 4.74 Å². The minimum Gasteiger partial charge on any atom is -0.366 e. The summed E-state index contributed by atoms with van der Waals surface area (Å²) in [5.41, 5.74) is 0. The van der Waals surface area contributed by atoms with Crippen LogP contribution in [0.2, 0.25) is 0 Å². The zero-order chi connectivity index (χ0) is 10.5. The Bertz CT molecular complexity index is 214. The van der Waals surface area contributed by atoms with E-state index in [9.17, 15) is 4.79 Å². The van der Waals surface area contributed by atoms with Crippen molar-refractivity contribution in [3.8, 4) is 0 Å². The molecule has 0 aliphatic carbocycles.